The first kappa shape index (κ1) is 16.3. The minimum atomic E-state index is 0.340. The van der Waals surface area contributed by atoms with E-state index in [4.69, 9.17) is 9.47 Å². The predicted molar refractivity (Wildman–Crippen MR) is 86.7 cm³/mol. The number of rotatable bonds is 6. The fraction of sp³-hybridized carbons (Fsp3) is 0.667. The third-order valence-electron chi connectivity index (χ3n) is 4.51. The van der Waals surface area contributed by atoms with Crippen LogP contribution in [0.15, 0.2) is 18.2 Å². The number of methoxy groups -OCH3 is 1. The van der Waals surface area contributed by atoms with Gasteiger partial charge in [0.2, 0.25) is 0 Å². The lowest BCUT2D eigenvalue weighted by Gasteiger charge is -2.18. The lowest BCUT2D eigenvalue weighted by molar-refractivity contribution is 0.0300. The third kappa shape index (κ3) is 4.72. The van der Waals surface area contributed by atoms with Crippen molar-refractivity contribution in [3.63, 3.8) is 0 Å². The molecular weight excluding hydrogens is 262 g/mol. The smallest absolute Gasteiger partial charge is 0.124 e. The van der Waals surface area contributed by atoms with Gasteiger partial charge in [0.25, 0.3) is 0 Å². The van der Waals surface area contributed by atoms with Crippen molar-refractivity contribution in [2.45, 2.75) is 64.2 Å². The molecule has 0 aromatic heterocycles. The van der Waals surface area contributed by atoms with Crippen molar-refractivity contribution in [1.82, 2.24) is 5.32 Å². The first-order valence-corrected chi connectivity index (χ1v) is 8.20. The first-order chi connectivity index (χ1) is 10.2. The highest BCUT2D eigenvalue weighted by molar-refractivity contribution is 5.38. The minimum Gasteiger partial charge on any atom is -0.496 e. The number of hydrogen-bond donors (Lipinski definition) is 1. The van der Waals surface area contributed by atoms with Crippen molar-refractivity contribution >= 4 is 0 Å². The predicted octanol–water partition coefficient (Wildman–Crippen LogP) is 4.22. The second kappa shape index (κ2) is 8.40. The van der Waals surface area contributed by atoms with Gasteiger partial charge in [-0.3, -0.25) is 0 Å². The molecular formula is C18H29NO2. The molecule has 1 fully saturated rings. The SMILES string of the molecule is CNC(C)c1ccc(OC)c(COC2CCCCCC2)c1. The summed E-state index contributed by atoms with van der Waals surface area (Å²) in [6.45, 7) is 2.82. The van der Waals surface area contributed by atoms with Crippen molar-refractivity contribution in [3.05, 3.63) is 29.3 Å². The molecule has 1 unspecified atom stereocenters. The van der Waals surface area contributed by atoms with Crippen LogP contribution in [0, 0.1) is 0 Å². The molecule has 3 heteroatoms. The molecule has 1 aromatic carbocycles. The Balaban J connectivity index is 2.02. The highest BCUT2D eigenvalue weighted by Crippen LogP contribution is 2.26. The van der Waals surface area contributed by atoms with Gasteiger partial charge in [0.1, 0.15) is 5.75 Å². The van der Waals surface area contributed by atoms with Gasteiger partial charge in [0.05, 0.1) is 19.8 Å². The van der Waals surface area contributed by atoms with Crippen LogP contribution in [0.5, 0.6) is 5.75 Å². The second-order valence-corrected chi connectivity index (χ2v) is 6.01. The molecule has 0 bridgehead atoms. The fourth-order valence-electron chi connectivity index (χ4n) is 2.96. The number of ether oxygens (including phenoxy) is 2. The number of benzene rings is 1. The van der Waals surface area contributed by atoms with Crippen LogP contribution in [0.4, 0.5) is 0 Å². The molecule has 3 nitrogen and oxygen atoms in total. The number of nitrogens with one attached hydrogen (secondary N) is 1. The molecule has 0 saturated heterocycles. The molecule has 1 aromatic rings. The molecule has 1 aliphatic carbocycles. The van der Waals surface area contributed by atoms with Crippen LogP contribution >= 0.6 is 0 Å². The van der Waals surface area contributed by atoms with E-state index < -0.39 is 0 Å². The molecule has 1 atom stereocenters. The Hall–Kier alpha value is -1.06. The van der Waals surface area contributed by atoms with E-state index >= 15 is 0 Å². The van der Waals surface area contributed by atoms with Crippen LogP contribution in [0.1, 0.15) is 62.6 Å². The van der Waals surface area contributed by atoms with Crippen molar-refractivity contribution < 1.29 is 9.47 Å². The van der Waals surface area contributed by atoms with Crippen LogP contribution in [0.3, 0.4) is 0 Å². The van der Waals surface area contributed by atoms with E-state index in [1.54, 1.807) is 7.11 Å². The molecule has 118 valence electrons. The average Bonchev–Trinajstić information content (AvgIpc) is 2.80. The first-order valence-electron chi connectivity index (χ1n) is 8.20. The van der Waals surface area contributed by atoms with Crippen LogP contribution in [-0.2, 0) is 11.3 Å². The summed E-state index contributed by atoms with van der Waals surface area (Å²) in [5.74, 6) is 0.927. The summed E-state index contributed by atoms with van der Waals surface area (Å²) in [4.78, 5) is 0. The Morgan fingerprint density at radius 2 is 1.90 bits per heavy atom. The molecule has 0 aliphatic heterocycles. The topological polar surface area (TPSA) is 30.5 Å². The van der Waals surface area contributed by atoms with E-state index in [0.29, 0.717) is 18.8 Å². The van der Waals surface area contributed by atoms with E-state index in [2.05, 4.69) is 30.4 Å². The summed E-state index contributed by atoms with van der Waals surface area (Å²) in [6.07, 6.45) is 8.15. The normalized spacial score (nSPS) is 18.2. The van der Waals surface area contributed by atoms with Crippen molar-refractivity contribution in [3.8, 4) is 5.75 Å². The zero-order valence-electron chi connectivity index (χ0n) is 13.7. The van der Waals surface area contributed by atoms with Crippen LogP contribution in [0.25, 0.3) is 0 Å². The molecule has 1 N–H and O–H groups in total. The molecule has 0 heterocycles. The molecule has 2 rings (SSSR count). The van der Waals surface area contributed by atoms with Gasteiger partial charge < -0.3 is 14.8 Å². The largest absolute Gasteiger partial charge is 0.496 e. The molecule has 0 spiro atoms. The Bertz CT molecular complexity index is 425. The highest BCUT2D eigenvalue weighted by Gasteiger charge is 2.14. The van der Waals surface area contributed by atoms with Crippen LogP contribution < -0.4 is 10.1 Å². The van der Waals surface area contributed by atoms with Gasteiger partial charge >= 0.3 is 0 Å². The van der Waals surface area contributed by atoms with Gasteiger partial charge in [-0.05, 0) is 44.5 Å². The van der Waals surface area contributed by atoms with E-state index in [9.17, 15) is 0 Å². The fourth-order valence-corrected chi connectivity index (χ4v) is 2.96. The monoisotopic (exact) mass is 291 g/mol. The summed E-state index contributed by atoms with van der Waals surface area (Å²) < 4.78 is 11.6. The summed E-state index contributed by atoms with van der Waals surface area (Å²) >= 11 is 0. The van der Waals surface area contributed by atoms with Gasteiger partial charge in [0.15, 0.2) is 0 Å². The van der Waals surface area contributed by atoms with Gasteiger partial charge in [0, 0.05) is 11.6 Å². The molecule has 0 amide bonds. The zero-order valence-corrected chi connectivity index (χ0v) is 13.7. The summed E-state index contributed by atoms with van der Waals surface area (Å²) in [5, 5.41) is 3.28. The van der Waals surface area contributed by atoms with E-state index in [1.165, 1.54) is 44.1 Å². The molecule has 21 heavy (non-hydrogen) atoms. The van der Waals surface area contributed by atoms with Gasteiger partial charge in [-0.2, -0.15) is 0 Å². The van der Waals surface area contributed by atoms with E-state index in [1.807, 2.05) is 7.05 Å². The standard InChI is InChI=1S/C18H29NO2/c1-14(19-2)15-10-11-18(20-3)16(12-15)13-21-17-8-6-4-5-7-9-17/h10-12,14,17,19H,4-9,13H2,1-3H3. The van der Waals surface area contributed by atoms with E-state index in [-0.39, 0.29) is 0 Å². The molecule has 0 radical (unpaired) electrons. The molecule has 1 saturated carbocycles. The lowest BCUT2D eigenvalue weighted by Crippen LogP contribution is -2.14. The summed E-state index contributed by atoms with van der Waals surface area (Å²) in [6, 6.07) is 6.72. The quantitative estimate of drug-likeness (QED) is 0.796. The van der Waals surface area contributed by atoms with Gasteiger partial charge in [-0.15, -0.1) is 0 Å². The lowest BCUT2D eigenvalue weighted by atomic mass is 10.0. The Labute approximate surface area is 129 Å². The Morgan fingerprint density at radius 3 is 2.52 bits per heavy atom. The average molecular weight is 291 g/mol. The maximum absolute atomic E-state index is 6.16. The van der Waals surface area contributed by atoms with Crippen LogP contribution in [0.2, 0.25) is 0 Å². The maximum Gasteiger partial charge on any atom is 0.124 e. The van der Waals surface area contributed by atoms with Gasteiger partial charge in [-0.25, -0.2) is 0 Å². The highest BCUT2D eigenvalue weighted by atomic mass is 16.5. The Morgan fingerprint density at radius 1 is 1.19 bits per heavy atom. The number of hydrogen-bond acceptors (Lipinski definition) is 3. The van der Waals surface area contributed by atoms with Gasteiger partial charge in [-0.1, -0.05) is 31.7 Å². The second-order valence-electron chi connectivity index (χ2n) is 6.01. The zero-order chi connectivity index (χ0) is 15.1. The van der Waals surface area contributed by atoms with Crippen molar-refractivity contribution in [1.29, 1.82) is 0 Å². The van der Waals surface area contributed by atoms with Crippen LogP contribution in [-0.4, -0.2) is 20.3 Å². The van der Waals surface area contributed by atoms with Crippen molar-refractivity contribution in [2.75, 3.05) is 14.2 Å². The molecule has 1 aliphatic rings. The maximum atomic E-state index is 6.16. The Kier molecular flexibility index (Phi) is 6.52. The van der Waals surface area contributed by atoms with E-state index in [0.717, 1.165) is 11.3 Å². The minimum absolute atomic E-state index is 0.340. The summed E-state index contributed by atoms with van der Waals surface area (Å²) in [5.41, 5.74) is 2.43. The third-order valence-corrected chi connectivity index (χ3v) is 4.51. The van der Waals surface area contributed by atoms with Crippen molar-refractivity contribution in [2.24, 2.45) is 0 Å². The summed E-state index contributed by atoms with van der Waals surface area (Å²) in [7, 11) is 3.71.